The normalized spacial score (nSPS) is 11.7. The lowest BCUT2D eigenvalue weighted by Gasteiger charge is -2.12. The lowest BCUT2D eigenvalue weighted by atomic mass is 10.1. The largest absolute Gasteiger partial charge is 0.419 e. The molecule has 1 aromatic rings. The molecular formula is C12H14F4N2O. The predicted molar refractivity (Wildman–Crippen MR) is 62.3 cm³/mol. The third kappa shape index (κ3) is 4.51. The average molecular weight is 278 g/mol. The Morgan fingerprint density at radius 2 is 1.95 bits per heavy atom. The molecule has 7 heteroatoms. The van der Waals surface area contributed by atoms with Gasteiger partial charge in [-0.15, -0.1) is 0 Å². The zero-order valence-electron chi connectivity index (χ0n) is 10.5. The maximum atomic E-state index is 13.0. The molecule has 0 atom stereocenters. The van der Waals surface area contributed by atoms with Crippen molar-refractivity contribution in [3.63, 3.8) is 0 Å². The second-order valence-corrected chi connectivity index (χ2v) is 4.25. The maximum Gasteiger partial charge on any atom is 0.419 e. The molecule has 0 radical (unpaired) electrons. The van der Waals surface area contributed by atoms with Crippen LogP contribution in [-0.2, 0) is 6.18 Å². The van der Waals surface area contributed by atoms with Crippen molar-refractivity contribution >= 4 is 5.91 Å². The van der Waals surface area contributed by atoms with Crippen molar-refractivity contribution < 1.29 is 22.4 Å². The summed E-state index contributed by atoms with van der Waals surface area (Å²) < 4.78 is 50.4. The van der Waals surface area contributed by atoms with E-state index in [1.807, 2.05) is 4.90 Å². The van der Waals surface area contributed by atoms with Crippen LogP contribution < -0.4 is 5.32 Å². The van der Waals surface area contributed by atoms with Crippen LogP contribution in [0.5, 0.6) is 0 Å². The van der Waals surface area contributed by atoms with Gasteiger partial charge in [0, 0.05) is 18.7 Å². The fourth-order valence-corrected chi connectivity index (χ4v) is 1.38. The van der Waals surface area contributed by atoms with E-state index in [4.69, 9.17) is 0 Å². The van der Waals surface area contributed by atoms with Crippen LogP contribution >= 0.6 is 0 Å². The summed E-state index contributed by atoms with van der Waals surface area (Å²) in [7, 11) is 3.59. The Morgan fingerprint density at radius 1 is 1.32 bits per heavy atom. The number of hydrogen-bond donors (Lipinski definition) is 1. The highest BCUT2D eigenvalue weighted by molar-refractivity contribution is 5.94. The first-order valence-electron chi connectivity index (χ1n) is 5.51. The lowest BCUT2D eigenvalue weighted by molar-refractivity contribution is -0.140. The molecule has 0 saturated carbocycles. The molecule has 19 heavy (non-hydrogen) atoms. The SMILES string of the molecule is CN(C)CCNC(=O)c1ccc(F)c(C(F)(F)F)c1. The van der Waals surface area contributed by atoms with Gasteiger partial charge >= 0.3 is 6.18 Å². The van der Waals surface area contributed by atoms with E-state index in [1.165, 1.54) is 0 Å². The average Bonchev–Trinajstić information content (AvgIpc) is 2.27. The molecule has 1 N–H and O–H groups in total. The van der Waals surface area contributed by atoms with Crippen molar-refractivity contribution in [3.05, 3.63) is 35.1 Å². The third-order valence-corrected chi connectivity index (χ3v) is 2.38. The Labute approximate surface area is 108 Å². The van der Waals surface area contributed by atoms with Crippen LogP contribution in [0.2, 0.25) is 0 Å². The standard InChI is InChI=1S/C12H14F4N2O/c1-18(2)6-5-17-11(19)8-3-4-10(13)9(7-8)12(14,15)16/h3-4,7H,5-6H2,1-2H3,(H,17,19). The highest BCUT2D eigenvalue weighted by Crippen LogP contribution is 2.31. The topological polar surface area (TPSA) is 32.3 Å². The van der Waals surface area contributed by atoms with E-state index < -0.39 is 23.5 Å². The first-order chi connectivity index (χ1) is 8.71. The first-order valence-corrected chi connectivity index (χ1v) is 5.51. The van der Waals surface area contributed by atoms with Crippen molar-refractivity contribution in [2.75, 3.05) is 27.2 Å². The van der Waals surface area contributed by atoms with E-state index in [1.54, 1.807) is 14.1 Å². The van der Waals surface area contributed by atoms with Crippen molar-refractivity contribution in [2.45, 2.75) is 6.18 Å². The van der Waals surface area contributed by atoms with Gasteiger partial charge in [-0.1, -0.05) is 0 Å². The Balaban J connectivity index is 2.82. The van der Waals surface area contributed by atoms with Crippen LogP contribution in [0.1, 0.15) is 15.9 Å². The third-order valence-electron chi connectivity index (χ3n) is 2.38. The van der Waals surface area contributed by atoms with Gasteiger partial charge in [0.2, 0.25) is 0 Å². The smallest absolute Gasteiger partial charge is 0.351 e. The summed E-state index contributed by atoms with van der Waals surface area (Å²) in [5.41, 5.74) is -1.65. The number of nitrogens with one attached hydrogen (secondary N) is 1. The van der Waals surface area contributed by atoms with Crippen LogP contribution in [0.4, 0.5) is 17.6 Å². The van der Waals surface area contributed by atoms with Crippen molar-refractivity contribution in [1.82, 2.24) is 10.2 Å². The Hall–Kier alpha value is -1.63. The highest BCUT2D eigenvalue weighted by atomic mass is 19.4. The van der Waals surface area contributed by atoms with Gasteiger partial charge in [0.05, 0.1) is 5.56 Å². The lowest BCUT2D eigenvalue weighted by Crippen LogP contribution is -2.31. The molecule has 0 saturated heterocycles. The molecule has 0 aromatic heterocycles. The van der Waals surface area contributed by atoms with Gasteiger partial charge in [-0.2, -0.15) is 13.2 Å². The molecule has 1 amide bonds. The van der Waals surface area contributed by atoms with Crippen molar-refractivity contribution in [3.8, 4) is 0 Å². The molecule has 3 nitrogen and oxygen atoms in total. The van der Waals surface area contributed by atoms with Gasteiger partial charge < -0.3 is 10.2 Å². The van der Waals surface area contributed by atoms with E-state index in [0.29, 0.717) is 25.2 Å². The number of hydrogen-bond acceptors (Lipinski definition) is 2. The zero-order valence-corrected chi connectivity index (χ0v) is 10.5. The summed E-state index contributed by atoms with van der Waals surface area (Å²) in [6.45, 7) is 0.851. The fourth-order valence-electron chi connectivity index (χ4n) is 1.38. The predicted octanol–water partition coefficient (Wildman–Crippen LogP) is 2.14. The number of amides is 1. The second kappa shape index (κ2) is 6.01. The quantitative estimate of drug-likeness (QED) is 0.856. The Morgan fingerprint density at radius 3 is 2.47 bits per heavy atom. The second-order valence-electron chi connectivity index (χ2n) is 4.25. The molecule has 0 aliphatic rings. The van der Waals surface area contributed by atoms with Crippen molar-refractivity contribution in [1.29, 1.82) is 0 Å². The van der Waals surface area contributed by atoms with Crippen LogP contribution in [0, 0.1) is 5.82 Å². The van der Waals surface area contributed by atoms with E-state index in [-0.39, 0.29) is 5.56 Å². The number of nitrogens with zero attached hydrogens (tertiary/aromatic N) is 1. The highest BCUT2D eigenvalue weighted by Gasteiger charge is 2.34. The minimum absolute atomic E-state index is 0.215. The molecule has 0 aliphatic carbocycles. The van der Waals surface area contributed by atoms with Gasteiger partial charge in [-0.05, 0) is 32.3 Å². The monoisotopic (exact) mass is 278 g/mol. The minimum atomic E-state index is -4.82. The number of rotatable bonds is 4. The summed E-state index contributed by atoms with van der Waals surface area (Å²) in [6.07, 6.45) is -4.82. The number of carbonyl (C=O) groups excluding carboxylic acids is 1. The molecule has 1 aromatic carbocycles. The molecule has 0 spiro atoms. The fraction of sp³-hybridized carbons (Fsp3) is 0.417. The molecule has 0 aliphatic heterocycles. The minimum Gasteiger partial charge on any atom is -0.351 e. The molecule has 0 bridgehead atoms. The van der Waals surface area contributed by atoms with Crippen molar-refractivity contribution in [2.24, 2.45) is 0 Å². The Bertz CT molecular complexity index is 458. The number of alkyl halides is 3. The van der Waals surface area contributed by atoms with Crippen LogP contribution in [0.3, 0.4) is 0 Å². The number of likely N-dealkylation sites (N-methyl/N-ethyl adjacent to an activating group) is 1. The molecule has 1 rings (SSSR count). The molecular weight excluding hydrogens is 264 g/mol. The summed E-state index contributed by atoms with van der Waals surface area (Å²) in [6, 6.07) is 2.18. The van der Waals surface area contributed by atoms with Gasteiger partial charge in [0.15, 0.2) is 0 Å². The molecule has 0 heterocycles. The van der Waals surface area contributed by atoms with E-state index in [0.717, 1.165) is 6.07 Å². The first kappa shape index (κ1) is 15.4. The van der Waals surface area contributed by atoms with E-state index in [2.05, 4.69) is 5.32 Å². The summed E-state index contributed by atoms with van der Waals surface area (Å²) >= 11 is 0. The van der Waals surface area contributed by atoms with Crippen LogP contribution in [0.25, 0.3) is 0 Å². The summed E-state index contributed by atoms with van der Waals surface area (Å²) in [4.78, 5) is 13.4. The van der Waals surface area contributed by atoms with Crippen LogP contribution in [-0.4, -0.2) is 38.0 Å². The number of carbonyl (C=O) groups is 1. The maximum absolute atomic E-state index is 13.0. The van der Waals surface area contributed by atoms with Gasteiger partial charge in [-0.3, -0.25) is 4.79 Å². The van der Waals surface area contributed by atoms with Gasteiger partial charge in [-0.25, -0.2) is 4.39 Å². The van der Waals surface area contributed by atoms with Crippen LogP contribution in [0.15, 0.2) is 18.2 Å². The van der Waals surface area contributed by atoms with Gasteiger partial charge in [0.1, 0.15) is 5.82 Å². The molecule has 0 fully saturated rings. The summed E-state index contributed by atoms with van der Waals surface area (Å²) in [5, 5.41) is 2.46. The van der Waals surface area contributed by atoms with E-state index >= 15 is 0 Å². The summed E-state index contributed by atoms with van der Waals surface area (Å²) in [5.74, 6) is -2.05. The zero-order chi connectivity index (χ0) is 14.6. The number of halogens is 4. The molecule has 0 unspecified atom stereocenters. The molecule has 106 valence electrons. The van der Waals surface area contributed by atoms with E-state index in [9.17, 15) is 22.4 Å². The Kier molecular flexibility index (Phi) is 4.88. The number of benzene rings is 1. The van der Waals surface area contributed by atoms with Gasteiger partial charge in [0.25, 0.3) is 5.91 Å².